The molecular weight excluding hydrogens is 528 g/mol. The number of aromatic nitrogens is 1. The van der Waals surface area contributed by atoms with Gasteiger partial charge in [0.25, 0.3) is 0 Å². The number of carbonyl (C=O) groups is 4. The zero-order valence-corrected chi connectivity index (χ0v) is 23.5. The fraction of sp³-hybridized carbons (Fsp3) is 0.286. The van der Waals surface area contributed by atoms with Crippen LogP contribution in [-0.4, -0.2) is 35.2 Å². The molecular formula is C35H30N2O5. The van der Waals surface area contributed by atoms with E-state index in [1.807, 2.05) is 50.2 Å². The Hall–Kier alpha value is -4.65. The summed E-state index contributed by atoms with van der Waals surface area (Å²) in [4.78, 5) is 58.7. The van der Waals surface area contributed by atoms with Gasteiger partial charge in [0.2, 0.25) is 11.8 Å². The lowest BCUT2D eigenvalue weighted by atomic mass is 9.81. The summed E-state index contributed by atoms with van der Waals surface area (Å²) in [6.07, 6.45) is 3.07. The lowest BCUT2D eigenvalue weighted by Gasteiger charge is -2.19. The van der Waals surface area contributed by atoms with Crippen molar-refractivity contribution in [1.29, 1.82) is 0 Å². The van der Waals surface area contributed by atoms with Crippen molar-refractivity contribution in [2.75, 3.05) is 11.5 Å². The molecule has 3 aromatic carbocycles. The van der Waals surface area contributed by atoms with Gasteiger partial charge in [-0.05, 0) is 86.4 Å². The van der Waals surface area contributed by atoms with E-state index in [0.717, 1.165) is 36.0 Å². The number of hydrogen-bond donors (Lipinski definition) is 0. The quantitative estimate of drug-likeness (QED) is 0.161. The Morgan fingerprint density at radius 1 is 0.857 bits per heavy atom. The van der Waals surface area contributed by atoms with Crippen molar-refractivity contribution in [1.82, 2.24) is 4.98 Å². The first-order valence-corrected chi connectivity index (χ1v) is 14.5. The Labute approximate surface area is 243 Å². The van der Waals surface area contributed by atoms with Crippen LogP contribution < -0.4 is 4.90 Å². The Balaban J connectivity index is 1.14. The molecule has 0 spiro atoms. The largest absolute Gasteiger partial charge is 0.454 e. The number of esters is 1. The molecule has 7 rings (SSSR count). The predicted octanol–water partition coefficient (Wildman–Crippen LogP) is 6.09. The molecule has 3 fully saturated rings. The maximum atomic E-state index is 13.3. The van der Waals surface area contributed by atoms with Gasteiger partial charge in [-0.15, -0.1) is 0 Å². The van der Waals surface area contributed by atoms with E-state index >= 15 is 0 Å². The normalized spacial score (nSPS) is 22.6. The van der Waals surface area contributed by atoms with Crippen LogP contribution in [0.15, 0.2) is 72.8 Å². The summed E-state index contributed by atoms with van der Waals surface area (Å²) < 4.78 is 5.48. The summed E-state index contributed by atoms with van der Waals surface area (Å²) in [5.41, 5.74) is 5.33. The molecule has 2 saturated carbocycles. The van der Waals surface area contributed by atoms with Crippen LogP contribution in [0.3, 0.4) is 0 Å². The number of pyridine rings is 1. The van der Waals surface area contributed by atoms with Crippen molar-refractivity contribution in [3.63, 3.8) is 0 Å². The van der Waals surface area contributed by atoms with Crippen LogP contribution in [0.1, 0.15) is 51.1 Å². The van der Waals surface area contributed by atoms with E-state index in [1.165, 1.54) is 4.90 Å². The maximum Gasteiger partial charge on any atom is 0.339 e. The van der Waals surface area contributed by atoms with Gasteiger partial charge in [-0.3, -0.25) is 19.3 Å². The second-order valence-electron chi connectivity index (χ2n) is 11.8. The van der Waals surface area contributed by atoms with E-state index in [4.69, 9.17) is 9.72 Å². The molecule has 0 radical (unpaired) electrons. The first-order chi connectivity index (χ1) is 20.3. The molecule has 3 aliphatic rings. The number of amides is 2. The highest BCUT2D eigenvalue weighted by Gasteiger charge is 2.61. The van der Waals surface area contributed by atoms with Crippen LogP contribution in [0.5, 0.6) is 0 Å². The minimum absolute atomic E-state index is 0.0749. The lowest BCUT2D eigenvalue weighted by molar-refractivity contribution is -0.123. The number of benzene rings is 3. The number of ketones is 1. The molecule has 0 N–H and O–H groups in total. The van der Waals surface area contributed by atoms with Crippen molar-refractivity contribution < 1.29 is 23.9 Å². The van der Waals surface area contributed by atoms with Crippen molar-refractivity contribution in [2.24, 2.45) is 23.7 Å². The molecule has 4 atom stereocenters. The Morgan fingerprint density at radius 2 is 1.55 bits per heavy atom. The third-order valence-electron chi connectivity index (χ3n) is 9.45. The van der Waals surface area contributed by atoms with Gasteiger partial charge in [-0.2, -0.15) is 0 Å². The molecule has 2 heterocycles. The summed E-state index contributed by atoms with van der Waals surface area (Å²) in [5.74, 6) is -0.721. The molecule has 1 aliphatic heterocycles. The van der Waals surface area contributed by atoms with Crippen LogP contribution in [0.4, 0.5) is 5.69 Å². The summed E-state index contributed by atoms with van der Waals surface area (Å²) in [6.45, 7) is 3.54. The molecule has 1 saturated heterocycles. The van der Waals surface area contributed by atoms with Gasteiger partial charge in [0.1, 0.15) is 0 Å². The first kappa shape index (κ1) is 26.3. The zero-order valence-electron chi connectivity index (χ0n) is 23.5. The van der Waals surface area contributed by atoms with Crippen molar-refractivity contribution in [2.45, 2.75) is 33.1 Å². The maximum absolute atomic E-state index is 13.3. The molecule has 2 amide bonds. The molecule has 4 aromatic rings. The standard InChI is InChI=1S/C35H30N2O5/c1-19-7-8-22(15-20(19)2)30(38)18-42-35(41)27-17-29(36-28-6-4-3-5-26(27)28)21-11-13-25(14-12-21)37-33(39)31-23-9-10-24(16-23)32(31)34(37)40/h3-8,11-15,17,23-24,31-32H,9-10,16,18H2,1-2H3/t23-,24-,31-,32-/m0/s1. The minimum atomic E-state index is -0.613. The van der Waals surface area contributed by atoms with Gasteiger partial charge in [0, 0.05) is 16.5 Å². The number of Topliss-reactive ketones (excluding diaryl/α,β-unsaturated/α-hetero) is 1. The van der Waals surface area contributed by atoms with E-state index in [-0.39, 0.29) is 36.0 Å². The number of nitrogens with zero attached hydrogens (tertiary/aromatic N) is 2. The highest BCUT2D eigenvalue weighted by atomic mass is 16.5. The minimum Gasteiger partial charge on any atom is -0.454 e. The van der Waals surface area contributed by atoms with Gasteiger partial charge in [-0.1, -0.05) is 42.5 Å². The van der Waals surface area contributed by atoms with Crippen LogP contribution in [-0.2, 0) is 14.3 Å². The van der Waals surface area contributed by atoms with Crippen LogP contribution in [0.2, 0.25) is 0 Å². The van der Waals surface area contributed by atoms with Crippen LogP contribution in [0.25, 0.3) is 22.2 Å². The smallest absolute Gasteiger partial charge is 0.339 e. The van der Waals surface area contributed by atoms with Gasteiger partial charge < -0.3 is 4.74 Å². The van der Waals surface area contributed by atoms with E-state index in [2.05, 4.69) is 0 Å². The molecule has 7 heteroatoms. The van der Waals surface area contributed by atoms with Gasteiger partial charge in [-0.25, -0.2) is 9.78 Å². The van der Waals surface area contributed by atoms with Crippen LogP contribution in [0, 0.1) is 37.5 Å². The van der Waals surface area contributed by atoms with Crippen molar-refractivity contribution in [3.05, 3.63) is 95.1 Å². The monoisotopic (exact) mass is 558 g/mol. The number of anilines is 1. The fourth-order valence-electron chi connectivity index (χ4n) is 7.14. The van der Waals surface area contributed by atoms with E-state index in [9.17, 15) is 19.2 Å². The van der Waals surface area contributed by atoms with Crippen molar-refractivity contribution >= 4 is 40.2 Å². The number of para-hydroxylation sites is 1. The van der Waals surface area contributed by atoms with Crippen LogP contribution >= 0.6 is 0 Å². The number of ether oxygens (including phenoxy) is 1. The highest BCUT2D eigenvalue weighted by Crippen LogP contribution is 2.56. The Bertz CT molecular complexity index is 1770. The lowest BCUT2D eigenvalue weighted by Crippen LogP contribution is -2.32. The number of rotatable bonds is 6. The number of aryl methyl sites for hydroxylation is 2. The summed E-state index contributed by atoms with van der Waals surface area (Å²) >= 11 is 0. The number of imide groups is 1. The molecule has 1 aromatic heterocycles. The third kappa shape index (κ3) is 4.23. The molecule has 210 valence electrons. The number of fused-ring (bicyclic) bond motifs is 6. The summed E-state index contributed by atoms with van der Waals surface area (Å²) in [6, 6.07) is 21.5. The van der Waals surface area contributed by atoms with E-state index in [1.54, 1.807) is 36.4 Å². The highest BCUT2D eigenvalue weighted by molar-refractivity contribution is 6.22. The third-order valence-corrected chi connectivity index (χ3v) is 9.45. The molecule has 2 aliphatic carbocycles. The molecule has 42 heavy (non-hydrogen) atoms. The van der Waals surface area contributed by atoms with Gasteiger partial charge in [0.05, 0.1) is 34.3 Å². The SMILES string of the molecule is Cc1ccc(C(=O)COC(=O)c2cc(-c3ccc(N4C(=O)[C@H]5[C@H]6CC[C@@H](C6)[C@@H]5C4=O)cc3)nc3ccccc23)cc1C. The van der Waals surface area contributed by atoms with Gasteiger partial charge in [0.15, 0.2) is 12.4 Å². The van der Waals surface area contributed by atoms with Gasteiger partial charge >= 0.3 is 5.97 Å². The predicted molar refractivity (Wildman–Crippen MR) is 158 cm³/mol. The number of carbonyl (C=O) groups excluding carboxylic acids is 4. The second kappa shape index (κ2) is 10.0. The Kier molecular flexibility index (Phi) is 6.26. The summed E-state index contributed by atoms with van der Waals surface area (Å²) in [5, 5.41) is 0.621. The van der Waals surface area contributed by atoms with E-state index in [0.29, 0.717) is 45.2 Å². The zero-order chi connectivity index (χ0) is 29.1. The molecule has 7 nitrogen and oxygen atoms in total. The molecule has 0 unspecified atom stereocenters. The topological polar surface area (TPSA) is 93.6 Å². The second-order valence-corrected chi connectivity index (χ2v) is 11.8. The summed E-state index contributed by atoms with van der Waals surface area (Å²) in [7, 11) is 0. The Morgan fingerprint density at radius 3 is 2.24 bits per heavy atom. The first-order valence-electron chi connectivity index (χ1n) is 14.5. The van der Waals surface area contributed by atoms with E-state index < -0.39 is 5.97 Å². The average molecular weight is 559 g/mol. The number of hydrogen-bond acceptors (Lipinski definition) is 6. The molecule has 2 bridgehead atoms. The van der Waals surface area contributed by atoms with Crippen molar-refractivity contribution in [3.8, 4) is 11.3 Å². The fourth-order valence-corrected chi connectivity index (χ4v) is 7.14. The average Bonchev–Trinajstić information content (AvgIpc) is 3.70.